The molecule has 0 fully saturated rings. The van der Waals surface area contributed by atoms with Gasteiger partial charge in [-0.05, 0) is 49.1 Å². The molecule has 0 aliphatic carbocycles. The molecule has 0 saturated heterocycles. The Kier molecular flexibility index (Phi) is 7.82. The smallest absolute Gasteiger partial charge is 0.338 e. The summed E-state index contributed by atoms with van der Waals surface area (Å²) in [4.78, 5) is 32.5. The van der Waals surface area contributed by atoms with Crippen molar-refractivity contribution in [1.29, 1.82) is 0 Å². The number of allylic oxidation sites excluding steroid dienone is 1. The minimum Gasteiger partial charge on any atom is -0.466 e. The van der Waals surface area contributed by atoms with Crippen molar-refractivity contribution in [1.82, 2.24) is 10.2 Å². The van der Waals surface area contributed by atoms with E-state index >= 15 is 0 Å². The standard InChI is InChI=1S/C25H33N3O3S/c1-7-20-22(24(30)31-6)23(19-12-16(4)8-9-17(19)5)28-18(14-32-25(28)27-20)13-21(29)26-11-10-15(2)3/h8-9,12,14-15,23H,7,10-11,13H2,1-6H3,(H,26,29). The summed E-state index contributed by atoms with van der Waals surface area (Å²) in [5.41, 5.74) is 5.34. The number of hydrogen-bond donors (Lipinski definition) is 1. The first-order chi connectivity index (χ1) is 15.3. The van der Waals surface area contributed by atoms with Gasteiger partial charge in [0.2, 0.25) is 5.91 Å². The van der Waals surface area contributed by atoms with E-state index in [1.165, 1.54) is 18.9 Å². The first-order valence-electron chi connectivity index (χ1n) is 11.2. The Bertz CT molecular complexity index is 994. The summed E-state index contributed by atoms with van der Waals surface area (Å²) in [6.07, 6.45) is 1.80. The van der Waals surface area contributed by atoms with E-state index in [-0.39, 0.29) is 24.3 Å². The number of methoxy groups -OCH3 is 1. The van der Waals surface area contributed by atoms with Gasteiger partial charge in [-0.15, -0.1) is 0 Å². The van der Waals surface area contributed by atoms with Gasteiger partial charge in [0.05, 0.1) is 30.8 Å². The van der Waals surface area contributed by atoms with Crippen LogP contribution in [0.3, 0.4) is 0 Å². The fourth-order valence-electron chi connectivity index (χ4n) is 3.99. The van der Waals surface area contributed by atoms with Gasteiger partial charge in [-0.2, -0.15) is 0 Å². The lowest BCUT2D eigenvalue weighted by Crippen LogP contribution is -2.38. The number of hydrogen-bond acceptors (Lipinski definition) is 6. The average molecular weight is 456 g/mol. The van der Waals surface area contributed by atoms with Crippen molar-refractivity contribution in [2.45, 2.75) is 59.9 Å². The average Bonchev–Trinajstić information content (AvgIpc) is 3.15. The number of nitrogens with one attached hydrogen (secondary N) is 1. The molecule has 2 heterocycles. The zero-order valence-corrected chi connectivity index (χ0v) is 20.6. The van der Waals surface area contributed by atoms with Crippen LogP contribution in [0.15, 0.2) is 45.6 Å². The number of amidine groups is 1. The Labute approximate surface area is 195 Å². The maximum atomic E-state index is 13.0. The number of amides is 1. The Balaban J connectivity index is 2.00. The SMILES string of the molecule is CCC1=C(C(=O)OC)C(c2cc(C)ccc2C)N2C(CC(=O)NCCC(C)C)=CSC2=N1. The largest absolute Gasteiger partial charge is 0.466 e. The number of benzene rings is 1. The summed E-state index contributed by atoms with van der Waals surface area (Å²) >= 11 is 1.50. The zero-order chi connectivity index (χ0) is 23.4. The van der Waals surface area contributed by atoms with E-state index in [0.717, 1.165) is 39.7 Å². The second kappa shape index (κ2) is 10.4. The van der Waals surface area contributed by atoms with Crippen molar-refractivity contribution in [3.8, 4) is 0 Å². The summed E-state index contributed by atoms with van der Waals surface area (Å²) in [7, 11) is 1.40. The number of esters is 1. The Morgan fingerprint density at radius 1 is 1.28 bits per heavy atom. The van der Waals surface area contributed by atoms with E-state index in [1.54, 1.807) is 0 Å². The number of ether oxygens (including phenoxy) is 1. The monoisotopic (exact) mass is 455 g/mol. The van der Waals surface area contributed by atoms with Gasteiger partial charge in [-0.1, -0.05) is 56.3 Å². The molecule has 1 unspecified atom stereocenters. The molecule has 0 radical (unpaired) electrons. The minimum absolute atomic E-state index is 0.0247. The first-order valence-corrected chi connectivity index (χ1v) is 12.0. The van der Waals surface area contributed by atoms with Gasteiger partial charge in [-0.3, -0.25) is 4.79 Å². The van der Waals surface area contributed by atoms with Gasteiger partial charge in [0.25, 0.3) is 0 Å². The van der Waals surface area contributed by atoms with Crippen molar-refractivity contribution in [2.75, 3.05) is 13.7 Å². The highest BCUT2D eigenvalue weighted by Gasteiger charge is 2.42. The molecule has 1 aromatic rings. The predicted molar refractivity (Wildman–Crippen MR) is 130 cm³/mol. The highest BCUT2D eigenvalue weighted by molar-refractivity contribution is 8.16. The van der Waals surface area contributed by atoms with Crippen molar-refractivity contribution in [2.24, 2.45) is 10.9 Å². The molecule has 0 bridgehead atoms. The Morgan fingerprint density at radius 2 is 2.03 bits per heavy atom. The number of aliphatic imine (C=N–C) groups is 1. The Hall–Kier alpha value is -2.54. The third-order valence-corrected chi connectivity index (χ3v) is 6.63. The van der Waals surface area contributed by atoms with Gasteiger partial charge in [0.15, 0.2) is 5.17 Å². The van der Waals surface area contributed by atoms with E-state index in [0.29, 0.717) is 24.5 Å². The topological polar surface area (TPSA) is 71.0 Å². The normalized spacial score (nSPS) is 17.8. The summed E-state index contributed by atoms with van der Waals surface area (Å²) < 4.78 is 5.19. The van der Waals surface area contributed by atoms with E-state index in [2.05, 4.69) is 37.4 Å². The van der Waals surface area contributed by atoms with Crippen LogP contribution in [0.2, 0.25) is 0 Å². The maximum Gasteiger partial charge on any atom is 0.338 e. The van der Waals surface area contributed by atoms with Crippen LogP contribution in [0, 0.1) is 19.8 Å². The lowest BCUT2D eigenvalue weighted by Gasteiger charge is -2.37. The number of aryl methyl sites for hydroxylation is 2. The molecule has 2 aliphatic heterocycles. The van der Waals surface area contributed by atoms with Crippen LogP contribution < -0.4 is 5.32 Å². The molecule has 0 spiro atoms. The zero-order valence-electron chi connectivity index (χ0n) is 19.8. The van der Waals surface area contributed by atoms with Crippen molar-refractivity contribution in [3.63, 3.8) is 0 Å². The highest BCUT2D eigenvalue weighted by atomic mass is 32.2. The van der Waals surface area contributed by atoms with Gasteiger partial charge < -0.3 is 15.0 Å². The summed E-state index contributed by atoms with van der Waals surface area (Å²) in [5, 5.41) is 5.79. The van der Waals surface area contributed by atoms with Crippen LogP contribution in [-0.2, 0) is 14.3 Å². The second-order valence-corrected chi connectivity index (χ2v) is 9.51. The maximum absolute atomic E-state index is 13.0. The molecular weight excluding hydrogens is 422 g/mol. The van der Waals surface area contributed by atoms with E-state index in [4.69, 9.17) is 9.73 Å². The molecule has 172 valence electrons. The summed E-state index contributed by atoms with van der Waals surface area (Å²) in [5.74, 6) is 0.128. The molecule has 2 aliphatic rings. The molecule has 1 amide bonds. The van der Waals surface area contributed by atoms with Gasteiger partial charge in [0.1, 0.15) is 0 Å². The fourth-order valence-corrected chi connectivity index (χ4v) is 4.93. The molecular formula is C25H33N3O3S. The van der Waals surface area contributed by atoms with Crippen LogP contribution >= 0.6 is 11.8 Å². The fraction of sp³-hybridized carbons (Fsp3) is 0.480. The highest BCUT2D eigenvalue weighted by Crippen LogP contribution is 2.46. The first kappa shape index (κ1) is 24.1. The molecule has 1 aromatic carbocycles. The van der Waals surface area contributed by atoms with Gasteiger partial charge >= 0.3 is 5.97 Å². The molecule has 0 aromatic heterocycles. The lowest BCUT2D eigenvalue weighted by molar-refractivity contribution is -0.136. The van der Waals surface area contributed by atoms with Crippen molar-refractivity contribution >= 4 is 28.8 Å². The Morgan fingerprint density at radius 3 is 2.69 bits per heavy atom. The predicted octanol–water partition coefficient (Wildman–Crippen LogP) is 4.99. The second-order valence-electron chi connectivity index (χ2n) is 8.67. The number of thioether (sulfide) groups is 1. The summed E-state index contributed by atoms with van der Waals surface area (Å²) in [6.45, 7) is 11.0. The van der Waals surface area contributed by atoms with Gasteiger partial charge in [0, 0.05) is 12.2 Å². The number of carbonyl (C=O) groups excluding carboxylic acids is 2. The molecule has 6 nitrogen and oxygen atoms in total. The molecule has 32 heavy (non-hydrogen) atoms. The summed E-state index contributed by atoms with van der Waals surface area (Å²) in [6, 6.07) is 5.87. The van der Waals surface area contributed by atoms with Crippen LogP contribution in [0.1, 0.15) is 62.8 Å². The number of fused-ring (bicyclic) bond motifs is 1. The number of nitrogens with zero attached hydrogens (tertiary/aromatic N) is 2. The minimum atomic E-state index is -0.381. The van der Waals surface area contributed by atoms with E-state index < -0.39 is 0 Å². The van der Waals surface area contributed by atoms with Gasteiger partial charge in [-0.25, -0.2) is 9.79 Å². The van der Waals surface area contributed by atoms with Crippen molar-refractivity contribution in [3.05, 3.63) is 57.3 Å². The lowest BCUT2D eigenvalue weighted by atomic mass is 9.89. The van der Waals surface area contributed by atoms with Crippen LogP contribution in [0.5, 0.6) is 0 Å². The third-order valence-electron chi connectivity index (χ3n) is 5.74. The van der Waals surface area contributed by atoms with E-state index in [1.807, 2.05) is 31.1 Å². The molecule has 1 N–H and O–H groups in total. The molecule has 0 saturated carbocycles. The number of rotatable bonds is 8. The number of carbonyl (C=O) groups is 2. The molecule has 3 rings (SSSR count). The van der Waals surface area contributed by atoms with Crippen LogP contribution in [0.25, 0.3) is 0 Å². The third kappa shape index (κ3) is 5.09. The quantitative estimate of drug-likeness (QED) is 0.559. The van der Waals surface area contributed by atoms with Crippen LogP contribution in [0.4, 0.5) is 0 Å². The van der Waals surface area contributed by atoms with Crippen molar-refractivity contribution < 1.29 is 14.3 Å². The molecule has 1 atom stereocenters. The van der Waals surface area contributed by atoms with Crippen LogP contribution in [-0.4, -0.2) is 35.6 Å². The molecule has 7 heteroatoms. The van der Waals surface area contributed by atoms with E-state index in [9.17, 15) is 9.59 Å².